The molecule has 1 aromatic rings. The number of halogens is 1. The molecule has 2 unspecified atom stereocenters. The van der Waals surface area contributed by atoms with Crippen LogP contribution in [0.2, 0.25) is 0 Å². The Bertz CT molecular complexity index is 507. The quantitative estimate of drug-likeness (QED) is 0.775. The van der Waals surface area contributed by atoms with Crippen LogP contribution in [0.25, 0.3) is 0 Å². The first-order valence-corrected chi connectivity index (χ1v) is 8.83. The van der Waals surface area contributed by atoms with Gasteiger partial charge in [0.25, 0.3) is 0 Å². The summed E-state index contributed by atoms with van der Waals surface area (Å²) in [4.78, 5) is 9.43. The van der Waals surface area contributed by atoms with E-state index in [0.717, 1.165) is 40.8 Å². The highest BCUT2D eigenvalue weighted by atomic mass is 127. The van der Waals surface area contributed by atoms with Crippen LogP contribution in [0.4, 0.5) is 5.82 Å². The van der Waals surface area contributed by atoms with Crippen molar-refractivity contribution in [3.63, 3.8) is 0 Å². The molecule has 5 heteroatoms. The Morgan fingerprint density at radius 3 is 2.71 bits per heavy atom. The van der Waals surface area contributed by atoms with Crippen LogP contribution in [0.15, 0.2) is 0 Å². The van der Waals surface area contributed by atoms with Crippen molar-refractivity contribution in [2.24, 2.45) is 11.8 Å². The van der Waals surface area contributed by atoms with Crippen molar-refractivity contribution in [1.82, 2.24) is 9.97 Å². The van der Waals surface area contributed by atoms with Gasteiger partial charge in [0.05, 0.1) is 9.26 Å². The van der Waals surface area contributed by atoms with Crippen LogP contribution in [0.5, 0.6) is 0 Å². The van der Waals surface area contributed by atoms with Gasteiger partial charge in [-0.25, -0.2) is 9.97 Å². The van der Waals surface area contributed by atoms with Gasteiger partial charge in [-0.05, 0) is 60.1 Å². The number of methoxy groups -OCH3 is 1. The number of nitrogens with zero attached hydrogens (tertiary/aromatic N) is 2. The lowest BCUT2D eigenvalue weighted by atomic mass is 9.78. The summed E-state index contributed by atoms with van der Waals surface area (Å²) in [5, 5.41) is 0. The van der Waals surface area contributed by atoms with E-state index in [1.165, 1.54) is 6.42 Å². The van der Waals surface area contributed by atoms with Crippen LogP contribution in [0, 0.1) is 15.4 Å². The van der Waals surface area contributed by atoms with Gasteiger partial charge in [0, 0.05) is 7.11 Å². The average molecular weight is 403 g/mol. The predicted octanol–water partition coefficient (Wildman–Crippen LogP) is 3.91. The maximum absolute atomic E-state index is 6.14. The molecular formula is C16H26IN3O. The van der Waals surface area contributed by atoms with E-state index in [4.69, 9.17) is 15.5 Å². The Hall–Kier alpha value is -0.430. The predicted molar refractivity (Wildman–Crippen MR) is 94.0 cm³/mol. The van der Waals surface area contributed by atoms with Gasteiger partial charge < -0.3 is 10.5 Å². The summed E-state index contributed by atoms with van der Waals surface area (Å²) >= 11 is 2.26. The number of nitrogen functional groups attached to an aromatic ring is 1. The third kappa shape index (κ3) is 3.67. The third-order valence-electron chi connectivity index (χ3n) is 4.30. The molecule has 1 aliphatic carbocycles. The van der Waals surface area contributed by atoms with Crippen LogP contribution in [0.3, 0.4) is 0 Å². The molecule has 0 amide bonds. The minimum Gasteiger partial charge on any atom is -0.383 e. The molecular weight excluding hydrogens is 377 g/mol. The van der Waals surface area contributed by atoms with Crippen molar-refractivity contribution in [2.75, 3.05) is 12.8 Å². The largest absolute Gasteiger partial charge is 0.383 e. The first-order valence-electron chi connectivity index (χ1n) is 7.75. The Morgan fingerprint density at radius 1 is 1.43 bits per heavy atom. The lowest BCUT2D eigenvalue weighted by Gasteiger charge is -2.37. The molecule has 1 heterocycles. The highest BCUT2D eigenvalue weighted by Gasteiger charge is 2.40. The number of anilines is 1. The summed E-state index contributed by atoms with van der Waals surface area (Å²) in [5.41, 5.74) is 6.84. The molecule has 2 atom stereocenters. The summed E-state index contributed by atoms with van der Waals surface area (Å²) in [5.74, 6) is 2.55. The lowest BCUT2D eigenvalue weighted by Crippen LogP contribution is -2.36. The lowest BCUT2D eigenvalue weighted by molar-refractivity contribution is -0.0647. The number of nitrogens with two attached hydrogens (primary N) is 1. The maximum Gasteiger partial charge on any atom is 0.162 e. The van der Waals surface area contributed by atoms with E-state index in [0.29, 0.717) is 17.7 Å². The zero-order chi connectivity index (χ0) is 15.6. The Kier molecular flexibility index (Phi) is 5.46. The Labute approximate surface area is 141 Å². The van der Waals surface area contributed by atoms with Crippen LogP contribution >= 0.6 is 22.6 Å². The van der Waals surface area contributed by atoms with Crippen molar-refractivity contribution in [2.45, 2.75) is 58.5 Å². The molecule has 2 rings (SSSR count). The van der Waals surface area contributed by atoms with Crippen molar-refractivity contribution < 1.29 is 4.74 Å². The molecule has 4 nitrogen and oxygen atoms in total. The Balaban J connectivity index is 2.44. The molecule has 0 bridgehead atoms. The molecule has 0 spiro atoms. The van der Waals surface area contributed by atoms with Crippen molar-refractivity contribution in [1.29, 1.82) is 0 Å². The van der Waals surface area contributed by atoms with Gasteiger partial charge >= 0.3 is 0 Å². The summed E-state index contributed by atoms with van der Waals surface area (Å²) in [6, 6.07) is 0. The summed E-state index contributed by atoms with van der Waals surface area (Å²) in [7, 11) is 1.78. The number of aromatic nitrogens is 2. The van der Waals surface area contributed by atoms with Crippen LogP contribution in [0.1, 0.15) is 58.0 Å². The van der Waals surface area contributed by atoms with Gasteiger partial charge in [-0.1, -0.05) is 27.2 Å². The van der Waals surface area contributed by atoms with E-state index in [1.807, 2.05) is 0 Å². The van der Waals surface area contributed by atoms with E-state index in [9.17, 15) is 0 Å². The second kappa shape index (κ2) is 6.77. The van der Waals surface area contributed by atoms with E-state index in [1.54, 1.807) is 7.11 Å². The monoisotopic (exact) mass is 403 g/mol. The van der Waals surface area contributed by atoms with Crippen LogP contribution < -0.4 is 5.73 Å². The summed E-state index contributed by atoms with van der Waals surface area (Å²) < 4.78 is 6.89. The second-order valence-electron chi connectivity index (χ2n) is 6.69. The normalized spacial score (nSPS) is 26.3. The van der Waals surface area contributed by atoms with Gasteiger partial charge in [-0.15, -0.1) is 0 Å². The van der Waals surface area contributed by atoms with Crippen molar-refractivity contribution >= 4 is 28.4 Å². The Morgan fingerprint density at radius 2 is 2.14 bits per heavy atom. The van der Waals surface area contributed by atoms with Gasteiger partial charge in [0.15, 0.2) is 5.82 Å². The third-order valence-corrected chi connectivity index (χ3v) is 5.48. The first-order chi connectivity index (χ1) is 9.88. The fourth-order valence-electron chi connectivity index (χ4n) is 3.22. The SMILES string of the molecule is COC1(c2nc(N)c(I)c(CC(C)C)n2)CCCC(C)C1. The van der Waals surface area contributed by atoms with Crippen LogP contribution in [-0.2, 0) is 16.8 Å². The van der Waals surface area contributed by atoms with Crippen LogP contribution in [-0.4, -0.2) is 17.1 Å². The molecule has 21 heavy (non-hydrogen) atoms. The van der Waals surface area contributed by atoms with Gasteiger partial charge in [0.1, 0.15) is 11.4 Å². The first kappa shape index (κ1) is 16.9. The highest BCUT2D eigenvalue weighted by molar-refractivity contribution is 14.1. The van der Waals surface area contributed by atoms with E-state index in [-0.39, 0.29) is 5.60 Å². The minimum absolute atomic E-state index is 0.359. The van der Waals surface area contributed by atoms with E-state index in [2.05, 4.69) is 48.3 Å². The molecule has 0 aromatic carbocycles. The molecule has 2 N–H and O–H groups in total. The fourth-order valence-corrected chi connectivity index (χ4v) is 3.68. The number of ether oxygens (including phenoxy) is 1. The second-order valence-corrected chi connectivity index (χ2v) is 7.77. The average Bonchev–Trinajstić information content (AvgIpc) is 2.43. The number of hydrogen-bond donors (Lipinski definition) is 1. The molecule has 0 aliphatic heterocycles. The van der Waals surface area contributed by atoms with Crippen molar-refractivity contribution in [3.05, 3.63) is 15.1 Å². The summed E-state index contributed by atoms with van der Waals surface area (Å²) in [6.45, 7) is 6.67. The molecule has 0 saturated heterocycles. The number of hydrogen-bond acceptors (Lipinski definition) is 4. The van der Waals surface area contributed by atoms with Gasteiger partial charge in [-0.2, -0.15) is 0 Å². The zero-order valence-corrected chi connectivity index (χ0v) is 15.6. The topological polar surface area (TPSA) is 61.0 Å². The standard InChI is InChI=1S/C16H26IN3O/c1-10(2)8-12-13(17)14(18)20-15(19-12)16(21-4)7-5-6-11(3)9-16/h10-11H,5-9H2,1-4H3,(H2,18,19,20). The molecule has 118 valence electrons. The highest BCUT2D eigenvalue weighted by Crippen LogP contribution is 2.41. The van der Waals surface area contributed by atoms with Gasteiger partial charge in [0.2, 0.25) is 0 Å². The molecule has 1 aliphatic rings. The smallest absolute Gasteiger partial charge is 0.162 e. The molecule has 1 aromatic heterocycles. The molecule has 1 fully saturated rings. The summed E-state index contributed by atoms with van der Waals surface area (Å²) in [6.07, 6.45) is 5.29. The fraction of sp³-hybridized carbons (Fsp3) is 0.750. The van der Waals surface area contributed by atoms with E-state index >= 15 is 0 Å². The molecule has 1 saturated carbocycles. The van der Waals surface area contributed by atoms with Gasteiger partial charge in [-0.3, -0.25) is 0 Å². The number of rotatable bonds is 4. The van der Waals surface area contributed by atoms with Crippen molar-refractivity contribution in [3.8, 4) is 0 Å². The zero-order valence-electron chi connectivity index (χ0n) is 13.4. The minimum atomic E-state index is -0.359. The van der Waals surface area contributed by atoms with E-state index < -0.39 is 0 Å². The molecule has 0 radical (unpaired) electrons. The maximum atomic E-state index is 6.14.